The van der Waals surface area contributed by atoms with E-state index in [2.05, 4.69) is 178 Å². The molecule has 8 aromatic carbocycles. The molecule has 0 saturated carbocycles. The molecule has 0 aliphatic heterocycles. The Kier molecular flexibility index (Phi) is 8.24. The number of benzene rings is 8. The number of hydrogen-bond donors (Lipinski definition) is 0. The Balaban J connectivity index is 1.26. The molecular weight excluding hydrogens is 798 g/mol. The van der Waals surface area contributed by atoms with E-state index >= 15 is 4.39 Å². The van der Waals surface area contributed by atoms with E-state index in [4.69, 9.17) is 9.97 Å². The molecule has 3 heterocycles. The number of aromatic nitrogens is 3. The number of anilines is 6. The third-order valence-electron chi connectivity index (χ3n) is 13.3. The summed E-state index contributed by atoms with van der Waals surface area (Å²) in [4.78, 5) is 14.4. The number of fused-ring (bicyclic) bond motifs is 14. The number of halogens is 1. The van der Waals surface area contributed by atoms with Crippen LogP contribution in [-0.2, 0) is 5.41 Å². The average Bonchev–Trinajstić information content (AvgIpc) is 3.98. The fraction of sp³-hybridized carbons (Fsp3) is 0.0169. The van der Waals surface area contributed by atoms with E-state index in [1.165, 1.54) is 0 Å². The second-order valence-electron chi connectivity index (χ2n) is 16.6. The molecule has 0 radical (unpaired) electrons. The molecule has 0 amide bonds. The normalized spacial score (nSPS) is 14.3. The van der Waals surface area contributed by atoms with Crippen molar-refractivity contribution in [2.75, 3.05) is 9.80 Å². The zero-order chi connectivity index (χ0) is 43.1. The van der Waals surface area contributed by atoms with Crippen molar-refractivity contribution < 1.29 is 4.39 Å². The molecule has 5 nitrogen and oxygen atoms in total. The Bertz CT molecular complexity index is 3530. The first-order chi connectivity index (χ1) is 32.2. The highest BCUT2D eigenvalue weighted by Gasteiger charge is 2.54. The Morgan fingerprint density at radius 2 is 1.02 bits per heavy atom. The van der Waals surface area contributed by atoms with Gasteiger partial charge < -0.3 is 4.57 Å². The zero-order valence-corrected chi connectivity index (χ0v) is 35.1. The second kappa shape index (κ2) is 14.5. The lowest BCUT2D eigenvalue weighted by Crippen LogP contribution is -2.27. The van der Waals surface area contributed by atoms with E-state index in [1.807, 2.05) is 60.9 Å². The van der Waals surface area contributed by atoms with Crippen molar-refractivity contribution in [1.82, 2.24) is 14.5 Å². The van der Waals surface area contributed by atoms with Gasteiger partial charge in [0.05, 0.1) is 22.1 Å². The van der Waals surface area contributed by atoms with Gasteiger partial charge in [-0.3, -0.25) is 9.80 Å². The van der Waals surface area contributed by atoms with Crippen molar-refractivity contribution in [1.29, 1.82) is 0 Å². The molecule has 306 valence electrons. The van der Waals surface area contributed by atoms with Crippen LogP contribution >= 0.6 is 0 Å². The monoisotopic (exact) mass is 835 g/mol. The molecule has 0 N–H and O–H groups in total. The van der Waals surface area contributed by atoms with Gasteiger partial charge in [-0.25, -0.2) is 14.4 Å². The van der Waals surface area contributed by atoms with Gasteiger partial charge in [0.1, 0.15) is 17.5 Å². The topological polar surface area (TPSA) is 37.2 Å². The maximum absolute atomic E-state index is 17.4. The molecule has 3 aromatic heterocycles. The lowest BCUT2D eigenvalue weighted by molar-refractivity contribution is 0.591. The standard InChI is InChI=1S/C59H38FN5/c60-50-30-18-27-44-43-25-10-12-28-47(43)59(57(44)50)48-29-13-11-26-45(48)55-49(59)38-52(64(40-21-6-2-7-22-40)54-32-15-17-36-62-54)58-56(55)46-37-42(33-34-51(46)65(58)41-23-8-3-9-24-41)63(39-19-4-1-5-20-39)53-31-14-16-35-61-53/h1-38H. The Hall–Kier alpha value is -8.61. The van der Waals surface area contributed by atoms with Gasteiger partial charge in [0.15, 0.2) is 0 Å². The van der Waals surface area contributed by atoms with E-state index < -0.39 is 5.41 Å². The molecule has 65 heavy (non-hydrogen) atoms. The van der Waals surface area contributed by atoms with Crippen LogP contribution in [0, 0.1) is 5.82 Å². The summed E-state index contributed by atoms with van der Waals surface area (Å²) in [5.41, 5.74) is 13.9. The quantitative estimate of drug-likeness (QED) is 0.160. The van der Waals surface area contributed by atoms with Crippen LogP contribution in [0.2, 0.25) is 0 Å². The first kappa shape index (κ1) is 37.0. The van der Waals surface area contributed by atoms with Crippen LogP contribution in [0.3, 0.4) is 0 Å². The van der Waals surface area contributed by atoms with Crippen molar-refractivity contribution in [3.63, 3.8) is 0 Å². The van der Waals surface area contributed by atoms with Crippen LogP contribution in [0.15, 0.2) is 231 Å². The van der Waals surface area contributed by atoms with E-state index in [9.17, 15) is 0 Å². The minimum Gasteiger partial charge on any atom is -0.307 e. The molecule has 6 heteroatoms. The van der Waals surface area contributed by atoms with Gasteiger partial charge in [-0.05, 0) is 130 Å². The highest BCUT2D eigenvalue weighted by molar-refractivity contribution is 6.23. The van der Waals surface area contributed by atoms with Crippen LogP contribution < -0.4 is 9.80 Å². The zero-order valence-electron chi connectivity index (χ0n) is 35.1. The minimum absolute atomic E-state index is 0.226. The highest BCUT2D eigenvalue weighted by atomic mass is 19.1. The lowest BCUT2D eigenvalue weighted by atomic mass is 9.70. The average molecular weight is 836 g/mol. The van der Waals surface area contributed by atoms with Crippen molar-refractivity contribution in [2.24, 2.45) is 0 Å². The summed E-state index contributed by atoms with van der Waals surface area (Å²) in [6.45, 7) is 0. The number of nitrogens with zero attached hydrogens (tertiary/aromatic N) is 5. The van der Waals surface area contributed by atoms with Crippen molar-refractivity contribution in [3.8, 4) is 27.9 Å². The summed E-state index contributed by atoms with van der Waals surface area (Å²) in [5, 5.41) is 2.12. The molecule has 1 spiro atoms. The van der Waals surface area contributed by atoms with Gasteiger partial charge in [0.2, 0.25) is 0 Å². The summed E-state index contributed by atoms with van der Waals surface area (Å²) < 4.78 is 19.8. The van der Waals surface area contributed by atoms with Gasteiger partial charge in [-0.15, -0.1) is 0 Å². The first-order valence-corrected chi connectivity index (χ1v) is 21.9. The summed E-state index contributed by atoms with van der Waals surface area (Å²) in [7, 11) is 0. The Morgan fingerprint density at radius 3 is 1.69 bits per heavy atom. The molecule has 1 unspecified atom stereocenters. The van der Waals surface area contributed by atoms with Gasteiger partial charge in [0.25, 0.3) is 0 Å². The Morgan fingerprint density at radius 1 is 0.446 bits per heavy atom. The molecule has 2 aliphatic rings. The molecule has 13 rings (SSSR count). The highest BCUT2D eigenvalue weighted by Crippen LogP contribution is 2.66. The molecule has 0 bridgehead atoms. The number of rotatable bonds is 7. The van der Waals surface area contributed by atoms with E-state index in [1.54, 1.807) is 6.07 Å². The molecule has 0 fully saturated rings. The Labute approximate surface area is 375 Å². The largest absolute Gasteiger partial charge is 0.307 e. The van der Waals surface area contributed by atoms with E-state index in [-0.39, 0.29) is 5.82 Å². The molecule has 2 aliphatic carbocycles. The fourth-order valence-electron chi connectivity index (χ4n) is 10.9. The molecular formula is C59H38FN5. The number of para-hydroxylation sites is 3. The fourth-order valence-corrected chi connectivity index (χ4v) is 10.9. The van der Waals surface area contributed by atoms with Crippen molar-refractivity contribution >= 4 is 56.2 Å². The maximum Gasteiger partial charge on any atom is 0.137 e. The lowest BCUT2D eigenvalue weighted by Gasteiger charge is -2.32. The first-order valence-electron chi connectivity index (χ1n) is 21.9. The summed E-state index contributed by atoms with van der Waals surface area (Å²) >= 11 is 0. The summed E-state index contributed by atoms with van der Waals surface area (Å²) in [6, 6.07) is 75.4. The van der Waals surface area contributed by atoms with Gasteiger partial charge in [0, 0.05) is 51.5 Å². The SMILES string of the molecule is Fc1cccc2c1C1(c3ccccc3-2)c2ccccc2-c2c1cc(N(c1ccccc1)c1ccccn1)c1c2c2cc(N(c3ccccc3)c3ccccn3)ccc2n1-c1ccccc1. The van der Waals surface area contributed by atoms with Crippen LogP contribution in [0.5, 0.6) is 0 Å². The van der Waals surface area contributed by atoms with Crippen molar-refractivity contribution in [2.45, 2.75) is 5.41 Å². The number of hydrogen-bond acceptors (Lipinski definition) is 4. The van der Waals surface area contributed by atoms with E-state index in [0.717, 1.165) is 101 Å². The van der Waals surface area contributed by atoms with Gasteiger partial charge in [-0.1, -0.05) is 127 Å². The minimum atomic E-state index is -0.971. The number of pyridine rings is 2. The van der Waals surface area contributed by atoms with Crippen molar-refractivity contribution in [3.05, 3.63) is 259 Å². The van der Waals surface area contributed by atoms with Crippen LogP contribution in [0.4, 0.5) is 38.8 Å². The van der Waals surface area contributed by atoms with E-state index in [0.29, 0.717) is 5.56 Å². The second-order valence-corrected chi connectivity index (χ2v) is 16.6. The van der Waals surface area contributed by atoms with Crippen LogP contribution in [-0.4, -0.2) is 14.5 Å². The summed E-state index contributed by atoms with van der Waals surface area (Å²) in [6.07, 6.45) is 3.69. The van der Waals surface area contributed by atoms with Gasteiger partial charge >= 0.3 is 0 Å². The predicted molar refractivity (Wildman–Crippen MR) is 262 cm³/mol. The summed E-state index contributed by atoms with van der Waals surface area (Å²) in [5.74, 6) is 1.34. The van der Waals surface area contributed by atoms with Crippen LogP contribution in [0.25, 0.3) is 49.7 Å². The molecule has 11 aromatic rings. The molecule has 1 atom stereocenters. The third kappa shape index (κ3) is 5.31. The predicted octanol–water partition coefficient (Wildman–Crippen LogP) is 15.0. The maximum atomic E-state index is 17.4. The van der Waals surface area contributed by atoms with Gasteiger partial charge in [-0.2, -0.15) is 0 Å². The smallest absolute Gasteiger partial charge is 0.137 e. The third-order valence-corrected chi connectivity index (χ3v) is 13.3. The van der Waals surface area contributed by atoms with Crippen LogP contribution in [0.1, 0.15) is 22.3 Å². The molecule has 0 saturated heterocycles.